The Morgan fingerprint density at radius 2 is 1.75 bits per heavy atom. The molecule has 0 aliphatic carbocycles. The zero-order valence-electron chi connectivity index (χ0n) is 13.6. The van der Waals surface area contributed by atoms with Gasteiger partial charge in [-0.05, 0) is 17.5 Å². The van der Waals surface area contributed by atoms with E-state index in [9.17, 15) is 0 Å². The van der Waals surface area contributed by atoms with Crippen molar-refractivity contribution in [3.05, 3.63) is 90.5 Å². The highest BCUT2D eigenvalue weighted by Crippen LogP contribution is 2.40. The summed E-state index contributed by atoms with van der Waals surface area (Å²) in [5, 5.41) is 2.15. The number of hydroxylamine groups is 2. The van der Waals surface area contributed by atoms with Gasteiger partial charge in [0, 0.05) is 18.9 Å². The molecule has 0 amide bonds. The van der Waals surface area contributed by atoms with Gasteiger partial charge < -0.3 is 4.57 Å². The first-order valence-electron chi connectivity index (χ1n) is 8.33. The highest BCUT2D eigenvalue weighted by atomic mass is 16.7. The maximum atomic E-state index is 6.08. The quantitative estimate of drug-likeness (QED) is 0.719. The van der Waals surface area contributed by atoms with Gasteiger partial charge in [-0.15, -0.1) is 0 Å². The summed E-state index contributed by atoms with van der Waals surface area (Å²) < 4.78 is 2.14. The van der Waals surface area contributed by atoms with Crippen LogP contribution in [-0.2, 0) is 23.5 Å². The maximum Gasteiger partial charge on any atom is 0.0946 e. The van der Waals surface area contributed by atoms with Crippen molar-refractivity contribution in [3.63, 3.8) is 0 Å². The van der Waals surface area contributed by atoms with Gasteiger partial charge in [0.25, 0.3) is 0 Å². The van der Waals surface area contributed by atoms with Gasteiger partial charge in [0.15, 0.2) is 0 Å². The second kappa shape index (κ2) is 6.59. The fourth-order valence-electron chi connectivity index (χ4n) is 3.49. The van der Waals surface area contributed by atoms with Crippen LogP contribution in [-0.4, -0.2) is 21.2 Å². The Labute approximate surface area is 142 Å². The van der Waals surface area contributed by atoms with Crippen LogP contribution in [0, 0.1) is 0 Å². The minimum absolute atomic E-state index is 0.183. The van der Waals surface area contributed by atoms with Gasteiger partial charge in [0.2, 0.25) is 0 Å². The Morgan fingerprint density at radius 1 is 1.00 bits per heavy atom. The average molecular weight is 319 g/mol. The lowest BCUT2D eigenvalue weighted by Crippen LogP contribution is -2.43. The van der Waals surface area contributed by atoms with Crippen molar-refractivity contribution in [1.82, 2.24) is 14.6 Å². The van der Waals surface area contributed by atoms with Crippen LogP contribution in [0.3, 0.4) is 0 Å². The van der Waals surface area contributed by atoms with Gasteiger partial charge in [-0.3, -0.25) is 4.84 Å². The van der Waals surface area contributed by atoms with Crippen LogP contribution in [0.1, 0.15) is 17.5 Å². The van der Waals surface area contributed by atoms with E-state index in [1.54, 1.807) is 0 Å². The predicted octanol–water partition coefficient (Wildman–Crippen LogP) is 3.62. The molecule has 2 heterocycles. The lowest BCUT2D eigenvalue weighted by molar-refractivity contribution is -0.179. The summed E-state index contributed by atoms with van der Waals surface area (Å²) in [6.07, 6.45) is 6.69. The average Bonchev–Trinajstić information content (AvgIpc) is 3.28. The molecule has 0 N–H and O–H groups in total. The molecule has 1 aromatic heterocycles. The van der Waals surface area contributed by atoms with Crippen molar-refractivity contribution in [2.24, 2.45) is 0 Å². The van der Waals surface area contributed by atoms with E-state index in [1.807, 2.05) is 24.8 Å². The van der Waals surface area contributed by atoms with Crippen LogP contribution in [0.15, 0.2) is 79.4 Å². The molecule has 1 saturated heterocycles. The third-order valence-corrected chi connectivity index (χ3v) is 4.72. The number of nitrogens with zero attached hydrogens (tertiary/aromatic N) is 3. The third-order valence-electron chi connectivity index (χ3n) is 4.72. The molecule has 4 rings (SSSR count). The zero-order chi connectivity index (χ0) is 16.2. The maximum absolute atomic E-state index is 6.08. The fraction of sp³-hybridized carbons (Fsp3) is 0.250. The highest BCUT2D eigenvalue weighted by Gasteiger charge is 2.44. The SMILES string of the molecule is c1ccc(CN2OCCC2(Cn2ccnc2)c2ccccc2)cc1. The van der Waals surface area contributed by atoms with Gasteiger partial charge in [0.1, 0.15) is 0 Å². The topological polar surface area (TPSA) is 30.3 Å². The highest BCUT2D eigenvalue weighted by molar-refractivity contribution is 5.26. The molecule has 0 bridgehead atoms. The molecule has 0 spiro atoms. The molecule has 1 fully saturated rings. The van der Waals surface area contributed by atoms with E-state index < -0.39 is 0 Å². The van der Waals surface area contributed by atoms with E-state index in [-0.39, 0.29) is 5.54 Å². The fourth-order valence-corrected chi connectivity index (χ4v) is 3.49. The molecule has 4 nitrogen and oxygen atoms in total. The summed E-state index contributed by atoms with van der Waals surface area (Å²) in [7, 11) is 0. The summed E-state index contributed by atoms with van der Waals surface area (Å²) in [6, 6.07) is 21.2. The second-order valence-electron chi connectivity index (χ2n) is 6.24. The van der Waals surface area contributed by atoms with Crippen LogP contribution in [0.2, 0.25) is 0 Å². The lowest BCUT2D eigenvalue weighted by Gasteiger charge is -2.37. The summed E-state index contributed by atoms with van der Waals surface area (Å²) in [4.78, 5) is 10.3. The molecule has 4 heteroatoms. The summed E-state index contributed by atoms with van der Waals surface area (Å²) in [5.74, 6) is 0. The number of imidazole rings is 1. The van der Waals surface area contributed by atoms with E-state index in [0.717, 1.165) is 26.1 Å². The molecule has 1 atom stereocenters. The minimum atomic E-state index is -0.183. The number of hydrogen-bond donors (Lipinski definition) is 0. The molecule has 1 unspecified atom stereocenters. The number of aromatic nitrogens is 2. The molecule has 24 heavy (non-hydrogen) atoms. The first-order chi connectivity index (χ1) is 11.9. The van der Waals surface area contributed by atoms with Gasteiger partial charge in [0.05, 0.1) is 25.0 Å². The number of benzene rings is 2. The van der Waals surface area contributed by atoms with Crippen molar-refractivity contribution in [1.29, 1.82) is 0 Å². The Bertz CT molecular complexity index is 758. The van der Waals surface area contributed by atoms with Crippen molar-refractivity contribution < 1.29 is 4.84 Å². The standard InChI is InChI=1S/C20H21N3O/c1-3-7-18(8-4-1)15-23-20(11-14-24-23,16-22-13-12-21-17-22)19-9-5-2-6-10-19/h1-10,12-13,17H,11,14-16H2. The van der Waals surface area contributed by atoms with Crippen molar-refractivity contribution >= 4 is 0 Å². The van der Waals surface area contributed by atoms with Crippen LogP contribution >= 0.6 is 0 Å². The van der Waals surface area contributed by atoms with Crippen molar-refractivity contribution in [2.45, 2.75) is 25.0 Å². The van der Waals surface area contributed by atoms with E-state index in [4.69, 9.17) is 4.84 Å². The molecule has 3 aromatic rings. The monoisotopic (exact) mass is 319 g/mol. The third kappa shape index (κ3) is 2.86. The van der Waals surface area contributed by atoms with Gasteiger partial charge in [-0.2, -0.15) is 5.06 Å². The van der Waals surface area contributed by atoms with Crippen molar-refractivity contribution in [2.75, 3.05) is 6.61 Å². The van der Waals surface area contributed by atoms with Gasteiger partial charge in [-0.25, -0.2) is 4.98 Å². The Kier molecular flexibility index (Phi) is 4.15. The molecular formula is C20H21N3O. The van der Waals surface area contributed by atoms with Gasteiger partial charge >= 0.3 is 0 Å². The second-order valence-corrected chi connectivity index (χ2v) is 6.24. The molecule has 2 aromatic carbocycles. The Balaban J connectivity index is 1.71. The molecule has 122 valence electrons. The summed E-state index contributed by atoms with van der Waals surface area (Å²) in [6.45, 7) is 2.32. The van der Waals surface area contributed by atoms with Crippen LogP contribution < -0.4 is 0 Å². The zero-order valence-corrected chi connectivity index (χ0v) is 13.6. The smallest absolute Gasteiger partial charge is 0.0946 e. The Hall–Kier alpha value is -2.43. The molecule has 1 aliphatic heterocycles. The number of rotatable bonds is 5. The van der Waals surface area contributed by atoms with Gasteiger partial charge in [-0.1, -0.05) is 60.7 Å². The molecular weight excluding hydrogens is 298 g/mol. The van der Waals surface area contributed by atoms with Crippen LogP contribution in [0.5, 0.6) is 0 Å². The molecule has 0 saturated carbocycles. The van der Waals surface area contributed by atoms with Crippen molar-refractivity contribution in [3.8, 4) is 0 Å². The molecule has 1 aliphatic rings. The number of hydrogen-bond acceptors (Lipinski definition) is 3. The largest absolute Gasteiger partial charge is 0.335 e. The van der Waals surface area contributed by atoms with Crippen LogP contribution in [0.4, 0.5) is 0 Å². The van der Waals surface area contributed by atoms with E-state index in [0.29, 0.717) is 0 Å². The molecule has 0 radical (unpaired) electrons. The van der Waals surface area contributed by atoms with E-state index in [2.05, 4.69) is 69.2 Å². The first-order valence-corrected chi connectivity index (χ1v) is 8.33. The minimum Gasteiger partial charge on any atom is -0.335 e. The first kappa shape index (κ1) is 15.1. The summed E-state index contributed by atoms with van der Waals surface area (Å²) >= 11 is 0. The normalized spacial score (nSPS) is 21.2. The lowest BCUT2D eigenvalue weighted by atomic mass is 9.86. The van der Waals surface area contributed by atoms with E-state index in [1.165, 1.54) is 11.1 Å². The Morgan fingerprint density at radius 3 is 2.46 bits per heavy atom. The summed E-state index contributed by atoms with van der Waals surface area (Å²) in [5.41, 5.74) is 2.36. The predicted molar refractivity (Wildman–Crippen MR) is 92.9 cm³/mol. The van der Waals surface area contributed by atoms with E-state index >= 15 is 0 Å². The van der Waals surface area contributed by atoms with Crippen LogP contribution in [0.25, 0.3) is 0 Å².